The Bertz CT molecular complexity index is 1020. The predicted octanol–water partition coefficient (Wildman–Crippen LogP) is 11.4. The molecule has 0 aromatic rings. The molecule has 9 nitrogen and oxygen atoms in total. The normalized spacial score (nSPS) is 18.8. The molecule has 0 unspecified atom stereocenters. The number of rotatable bonds is 18. The van der Waals surface area contributed by atoms with E-state index in [1.54, 1.807) is 0 Å². The molecule has 1 aliphatic rings. The quantitative estimate of drug-likeness (QED) is 0.0587. The fraction of sp³-hybridized carbons (Fsp3) is 0.805. The standard InChI is InChI=1S/C36H74O4Si3.5CO.Cr/c1-20-21-33-22-37-34(23-38-41(24(2)3,25(4)5)26(6)7)36(40-43(30(14)15,31(16)17)32(18)19)35(33)39-42(27(8)9,28(10)11)29(12)13;5*1-2;/h20,24-36H,1,21,23H2,2-19H3;;;;;;/t33-,34-,35-,36-;;;;;;/m1....../s1. The molecule has 0 spiro atoms. The van der Waals surface area contributed by atoms with E-state index in [0.717, 1.165) is 11.0 Å². The molecule has 1 fully saturated rings. The molecule has 0 aromatic heterocycles. The van der Waals surface area contributed by atoms with Gasteiger partial charge in [0.1, 0.15) is 0 Å². The van der Waals surface area contributed by atoms with Gasteiger partial charge in [0.2, 0.25) is 0 Å². The van der Waals surface area contributed by atoms with E-state index < -0.39 is 25.0 Å². The first kappa shape index (κ1) is 62.5. The van der Waals surface area contributed by atoms with Crippen molar-refractivity contribution in [3.8, 4) is 0 Å². The Morgan fingerprint density at radius 1 is 0.537 bits per heavy atom. The average molecular weight is 847 g/mol. The molecule has 13 heteroatoms. The molecule has 310 valence electrons. The Morgan fingerprint density at radius 3 is 1.04 bits per heavy atom. The Morgan fingerprint density at radius 2 is 0.796 bits per heavy atom. The van der Waals surface area contributed by atoms with Gasteiger partial charge in [-0.3, -0.25) is 0 Å². The van der Waals surface area contributed by atoms with Crippen LogP contribution in [0.5, 0.6) is 0 Å². The average Bonchev–Trinajstić information content (AvgIpc) is 3.11. The minimum atomic E-state index is -2.30. The first-order valence-electron chi connectivity index (χ1n) is 18.9. The van der Waals surface area contributed by atoms with Gasteiger partial charge in [0, 0.05) is 0 Å². The van der Waals surface area contributed by atoms with Crippen molar-refractivity contribution in [2.75, 3.05) is 6.61 Å². The zero-order valence-electron chi connectivity index (χ0n) is 36.8. The van der Waals surface area contributed by atoms with Crippen LogP contribution in [-0.4, -0.2) is 54.4 Å². The van der Waals surface area contributed by atoms with E-state index in [1.165, 1.54) is 0 Å². The van der Waals surface area contributed by atoms with Crippen LogP contribution in [0.15, 0.2) is 12.7 Å². The second-order valence-electron chi connectivity index (χ2n) is 16.5. The molecule has 1 saturated heterocycles. The molecule has 0 aliphatic carbocycles. The van der Waals surface area contributed by atoms with Crippen LogP contribution in [0.1, 0.15) is 131 Å². The Kier molecular flexibility index (Phi) is 36.3. The van der Waals surface area contributed by atoms with Gasteiger partial charge in [-0.25, -0.2) is 0 Å². The Hall–Kier alpha value is -0.667. The van der Waals surface area contributed by atoms with Gasteiger partial charge in [0.15, 0.2) is 0 Å². The fourth-order valence-corrected chi connectivity index (χ4v) is 26.9. The summed E-state index contributed by atoms with van der Waals surface area (Å²) in [5, 5.41) is 0. The van der Waals surface area contributed by atoms with Crippen LogP contribution in [0.2, 0.25) is 49.9 Å². The van der Waals surface area contributed by atoms with Crippen molar-refractivity contribution >= 4 is 29.5 Å². The van der Waals surface area contributed by atoms with Crippen molar-refractivity contribution in [2.45, 2.75) is 199 Å². The van der Waals surface area contributed by atoms with Crippen LogP contribution in [0.3, 0.4) is 0 Å². The third-order valence-corrected chi connectivity index (χ3v) is 30.3. The number of hydrogen-bond donors (Lipinski definition) is 0. The SMILES string of the molecule is C=CC[C@@H]1[C](=[Cr])O[C@H](CO[Si](C(C)C)(C(C)C)C(C)C)[C@@H](O[Si](C(C)C)(C(C)C)C(C)C)[C@@H]1O[Si](C(C)C)(C(C)C)C(C)C.[C-]#[O+].[C-]#[O+].[C-]#[O+].[C-]#[O+].[C-]#[O+]. The van der Waals surface area contributed by atoms with Crippen molar-refractivity contribution in [2.24, 2.45) is 5.92 Å². The van der Waals surface area contributed by atoms with Gasteiger partial charge >= 0.3 is 344 Å². The van der Waals surface area contributed by atoms with Crippen LogP contribution in [0.25, 0.3) is 0 Å². The monoisotopic (exact) mass is 846 g/mol. The fourth-order valence-electron chi connectivity index (χ4n) is 9.72. The van der Waals surface area contributed by atoms with E-state index in [4.69, 9.17) is 41.3 Å². The molecule has 0 saturated carbocycles. The molecular weight excluding hydrogens is 773 g/mol. The van der Waals surface area contributed by atoms with Gasteiger partial charge in [-0.1, -0.05) is 0 Å². The maximum absolute atomic E-state index is 7.83. The summed E-state index contributed by atoms with van der Waals surface area (Å²) in [4.78, 5) is 0. The van der Waals surface area contributed by atoms with Crippen molar-refractivity contribution in [3.63, 3.8) is 0 Å². The van der Waals surface area contributed by atoms with Crippen molar-refractivity contribution < 1.29 is 57.1 Å². The number of ether oxygens (including phenoxy) is 1. The van der Waals surface area contributed by atoms with Crippen molar-refractivity contribution in [1.29, 1.82) is 0 Å². The van der Waals surface area contributed by atoms with E-state index in [-0.39, 0.29) is 24.2 Å². The molecule has 54 heavy (non-hydrogen) atoms. The summed E-state index contributed by atoms with van der Waals surface area (Å²) in [5.41, 5.74) is 4.29. The first-order valence-corrected chi connectivity index (χ1v) is 26.0. The van der Waals surface area contributed by atoms with E-state index >= 15 is 0 Å². The summed E-state index contributed by atoms with van der Waals surface area (Å²) < 4.78 is 68.3. The number of allylic oxidation sites excluding steroid dienone is 1. The third-order valence-electron chi connectivity index (χ3n) is 11.4. The van der Waals surface area contributed by atoms with Crippen LogP contribution in [-0.2, 0) is 57.1 Å². The Labute approximate surface area is 342 Å². The molecular formula is C41H74CrO9Si3. The summed E-state index contributed by atoms with van der Waals surface area (Å²) in [6, 6.07) is 0. The molecule has 0 aromatic carbocycles. The molecule has 4 atom stereocenters. The summed E-state index contributed by atoms with van der Waals surface area (Å²) in [5.74, 6) is 0.0531. The number of hydrogen-bond acceptors (Lipinski definition) is 4. The van der Waals surface area contributed by atoms with E-state index in [9.17, 15) is 0 Å². The van der Waals surface area contributed by atoms with Crippen LogP contribution in [0, 0.1) is 39.2 Å². The zero-order valence-corrected chi connectivity index (χ0v) is 41.1. The third kappa shape index (κ3) is 15.3. The van der Waals surface area contributed by atoms with Crippen LogP contribution in [0.4, 0.5) is 0 Å². The maximum atomic E-state index is 7.83. The molecule has 0 N–H and O–H groups in total. The second-order valence-corrected chi connectivity index (χ2v) is 33.4. The topological polar surface area (TPSA) is 136 Å². The second kappa shape index (κ2) is 31.3. The molecule has 1 rings (SSSR count). The van der Waals surface area contributed by atoms with Crippen LogP contribution < -0.4 is 0 Å². The Balaban J connectivity index is -0.000000734. The van der Waals surface area contributed by atoms with Gasteiger partial charge in [0.05, 0.1) is 0 Å². The van der Waals surface area contributed by atoms with Crippen LogP contribution >= 0.6 is 0 Å². The van der Waals surface area contributed by atoms with Gasteiger partial charge in [-0.15, -0.1) is 0 Å². The predicted molar refractivity (Wildman–Crippen MR) is 217 cm³/mol. The van der Waals surface area contributed by atoms with Crippen molar-refractivity contribution in [3.05, 3.63) is 45.9 Å². The summed E-state index contributed by atoms with van der Waals surface area (Å²) in [6.45, 7) is 70.0. The van der Waals surface area contributed by atoms with E-state index in [2.05, 4.69) is 180 Å². The van der Waals surface area contributed by atoms with Crippen molar-refractivity contribution in [1.82, 2.24) is 0 Å². The molecule has 0 radical (unpaired) electrons. The van der Waals surface area contributed by atoms with E-state index in [1.807, 2.05) is 6.08 Å². The zero-order chi connectivity index (χ0) is 44.5. The molecule has 0 amide bonds. The summed E-state index contributed by atoms with van der Waals surface area (Å²) in [6.07, 6.45) is 2.26. The molecule has 1 heterocycles. The van der Waals surface area contributed by atoms with Gasteiger partial charge < -0.3 is 0 Å². The van der Waals surface area contributed by atoms with Gasteiger partial charge in [-0.05, 0) is 0 Å². The molecule has 0 bridgehead atoms. The summed E-state index contributed by atoms with van der Waals surface area (Å²) >= 11 is 3.36. The van der Waals surface area contributed by atoms with E-state index in [0.29, 0.717) is 56.5 Å². The molecule has 1 aliphatic heterocycles. The first-order chi connectivity index (χ1) is 25.1. The minimum absolute atomic E-state index is 0.0531. The van der Waals surface area contributed by atoms with Gasteiger partial charge in [0.25, 0.3) is 0 Å². The summed E-state index contributed by atoms with van der Waals surface area (Å²) in [7, 11) is -6.71. The van der Waals surface area contributed by atoms with Gasteiger partial charge in [-0.2, -0.15) is 0 Å².